The van der Waals surface area contributed by atoms with Gasteiger partial charge in [-0.3, -0.25) is 5.43 Å². The van der Waals surface area contributed by atoms with E-state index in [1.54, 1.807) is 0 Å². The second-order valence-corrected chi connectivity index (χ2v) is 10.0. The Bertz CT molecular complexity index is 1450. The molecule has 0 unspecified atom stereocenters. The van der Waals surface area contributed by atoms with E-state index in [0.29, 0.717) is 0 Å². The SMILES string of the molecule is CC1(C)c2cc(NN=C(c3ccccc3)c3ccccc3)ccc2-c2sc3ccccc3c21. The second kappa shape index (κ2) is 7.72. The van der Waals surface area contributed by atoms with Gasteiger partial charge in [0.15, 0.2) is 0 Å². The van der Waals surface area contributed by atoms with E-state index in [4.69, 9.17) is 5.10 Å². The summed E-state index contributed by atoms with van der Waals surface area (Å²) in [7, 11) is 0. The summed E-state index contributed by atoms with van der Waals surface area (Å²) in [6, 6.07) is 36.1. The fourth-order valence-electron chi connectivity index (χ4n) is 4.93. The zero-order chi connectivity index (χ0) is 22.4. The first kappa shape index (κ1) is 20.0. The van der Waals surface area contributed by atoms with Crippen molar-refractivity contribution in [3.63, 3.8) is 0 Å². The molecular weight excluding hydrogens is 420 g/mol. The Morgan fingerprint density at radius 3 is 2.09 bits per heavy atom. The first-order valence-electron chi connectivity index (χ1n) is 11.2. The number of anilines is 1. The predicted molar refractivity (Wildman–Crippen MR) is 142 cm³/mol. The molecule has 1 N–H and O–H groups in total. The summed E-state index contributed by atoms with van der Waals surface area (Å²) in [6.07, 6.45) is 0. The third-order valence-electron chi connectivity index (χ3n) is 6.55. The van der Waals surface area contributed by atoms with Crippen molar-refractivity contribution >= 4 is 32.8 Å². The molecule has 2 nitrogen and oxygen atoms in total. The van der Waals surface area contributed by atoms with Crippen LogP contribution >= 0.6 is 11.3 Å². The minimum absolute atomic E-state index is 0.0482. The maximum atomic E-state index is 4.86. The van der Waals surface area contributed by atoms with Crippen LogP contribution < -0.4 is 5.43 Å². The zero-order valence-electron chi connectivity index (χ0n) is 18.7. The van der Waals surface area contributed by atoms with Crippen molar-refractivity contribution in [1.29, 1.82) is 0 Å². The van der Waals surface area contributed by atoms with E-state index < -0.39 is 0 Å². The summed E-state index contributed by atoms with van der Waals surface area (Å²) < 4.78 is 1.36. The molecule has 3 heteroatoms. The molecule has 4 aromatic carbocycles. The number of rotatable bonds is 4. The van der Waals surface area contributed by atoms with Crippen LogP contribution in [0.15, 0.2) is 108 Å². The summed E-state index contributed by atoms with van der Waals surface area (Å²) in [5, 5.41) is 6.24. The molecule has 0 atom stereocenters. The van der Waals surface area contributed by atoms with Crippen LogP contribution in [0.5, 0.6) is 0 Å². The Hall–Kier alpha value is -3.69. The lowest BCUT2D eigenvalue weighted by Gasteiger charge is -2.22. The molecule has 33 heavy (non-hydrogen) atoms. The van der Waals surface area contributed by atoms with Gasteiger partial charge < -0.3 is 0 Å². The molecule has 0 saturated heterocycles. The smallest absolute Gasteiger partial charge is 0.0977 e. The number of nitrogens with zero attached hydrogens (tertiary/aromatic N) is 1. The molecule has 1 aromatic heterocycles. The van der Waals surface area contributed by atoms with Gasteiger partial charge in [-0.05, 0) is 40.3 Å². The van der Waals surface area contributed by atoms with E-state index in [9.17, 15) is 0 Å². The van der Waals surface area contributed by atoms with Crippen molar-refractivity contribution in [1.82, 2.24) is 0 Å². The lowest BCUT2D eigenvalue weighted by molar-refractivity contribution is 0.667. The number of hydrogen-bond acceptors (Lipinski definition) is 3. The van der Waals surface area contributed by atoms with Crippen molar-refractivity contribution in [2.45, 2.75) is 19.3 Å². The highest BCUT2D eigenvalue weighted by Gasteiger charge is 2.38. The number of nitrogens with one attached hydrogen (secondary N) is 1. The van der Waals surface area contributed by atoms with Crippen LogP contribution in [0.3, 0.4) is 0 Å². The third-order valence-corrected chi connectivity index (χ3v) is 7.75. The molecule has 0 radical (unpaired) electrons. The van der Waals surface area contributed by atoms with Crippen LogP contribution in [0.1, 0.15) is 36.1 Å². The second-order valence-electron chi connectivity index (χ2n) is 8.99. The molecule has 0 aliphatic heterocycles. The van der Waals surface area contributed by atoms with Crippen molar-refractivity contribution in [3.8, 4) is 10.4 Å². The molecule has 0 spiro atoms. The normalized spacial score (nSPS) is 13.4. The molecule has 5 aromatic rings. The van der Waals surface area contributed by atoms with Crippen LogP contribution in [-0.4, -0.2) is 5.71 Å². The summed E-state index contributed by atoms with van der Waals surface area (Å²) >= 11 is 1.90. The Labute approximate surface area is 198 Å². The van der Waals surface area contributed by atoms with E-state index >= 15 is 0 Å². The van der Waals surface area contributed by atoms with E-state index in [-0.39, 0.29) is 5.41 Å². The summed E-state index contributed by atoms with van der Waals surface area (Å²) in [5.41, 5.74) is 11.6. The van der Waals surface area contributed by atoms with E-state index in [0.717, 1.165) is 22.5 Å². The Kier molecular flexibility index (Phi) is 4.67. The standard InChI is InChI=1S/C30H24N2S/c1-30(2)25-19-22(17-18-23(25)29-27(30)24-15-9-10-16-26(24)33-29)31-32-28(20-11-5-3-6-12-20)21-13-7-4-8-14-21/h3-19,31H,1-2H3. The molecule has 0 fully saturated rings. The number of fused-ring (bicyclic) bond motifs is 5. The third kappa shape index (κ3) is 3.28. The molecule has 1 aliphatic carbocycles. The summed E-state index contributed by atoms with van der Waals surface area (Å²) in [5.74, 6) is 0. The number of thiophene rings is 1. The predicted octanol–water partition coefficient (Wildman–Crippen LogP) is 8.07. The Morgan fingerprint density at radius 2 is 1.39 bits per heavy atom. The lowest BCUT2D eigenvalue weighted by atomic mass is 9.81. The van der Waals surface area contributed by atoms with E-state index in [1.807, 2.05) is 23.5 Å². The van der Waals surface area contributed by atoms with Gasteiger partial charge in [0.25, 0.3) is 0 Å². The van der Waals surface area contributed by atoms with Crippen molar-refractivity contribution in [3.05, 3.63) is 125 Å². The van der Waals surface area contributed by atoms with Gasteiger partial charge in [-0.15, -0.1) is 11.3 Å². The lowest BCUT2D eigenvalue weighted by Crippen LogP contribution is -2.15. The monoisotopic (exact) mass is 444 g/mol. The minimum Gasteiger partial charge on any atom is -0.278 e. The molecule has 1 aliphatic rings. The quantitative estimate of drug-likeness (QED) is 0.220. The highest BCUT2D eigenvalue weighted by Crippen LogP contribution is 2.55. The van der Waals surface area contributed by atoms with Crippen molar-refractivity contribution in [2.24, 2.45) is 5.10 Å². The molecular formula is C30H24N2S. The molecule has 0 bridgehead atoms. The number of benzene rings is 4. The Balaban J connectivity index is 1.40. The highest BCUT2D eigenvalue weighted by molar-refractivity contribution is 7.22. The number of hydrazone groups is 1. The largest absolute Gasteiger partial charge is 0.278 e. The molecule has 6 rings (SSSR count). The van der Waals surface area contributed by atoms with Gasteiger partial charge in [-0.25, -0.2) is 0 Å². The van der Waals surface area contributed by atoms with Crippen LogP contribution in [0.4, 0.5) is 5.69 Å². The van der Waals surface area contributed by atoms with Crippen molar-refractivity contribution in [2.75, 3.05) is 5.43 Å². The fraction of sp³-hybridized carbons (Fsp3) is 0.100. The van der Waals surface area contributed by atoms with Gasteiger partial charge in [0.2, 0.25) is 0 Å². The minimum atomic E-state index is -0.0482. The van der Waals surface area contributed by atoms with Crippen LogP contribution in [0.25, 0.3) is 20.5 Å². The summed E-state index contributed by atoms with van der Waals surface area (Å²) in [4.78, 5) is 1.40. The van der Waals surface area contributed by atoms with Crippen LogP contribution in [0, 0.1) is 0 Å². The summed E-state index contributed by atoms with van der Waals surface area (Å²) in [6.45, 7) is 4.67. The molecule has 0 amide bonds. The van der Waals surface area contributed by atoms with Gasteiger partial charge >= 0.3 is 0 Å². The number of hydrogen-bond donors (Lipinski definition) is 1. The first-order chi connectivity index (χ1) is 16.1. The van der Waals surface area contributed by atoms with Gasteiger partial charge in [0.1, 0.15) is 0 Å². The fourth-order valence-corrected chi connectivity index (χ4v) is 6.33. The highest BCUT2D eigenvalue weighted by atomic mass is 32.1. The van der Waals surface area contributed by atoms with Crippen molar-refractivity contribution < 1.29 is 0 Å². The zero-order valence-corrected chi connectivity index (χ0v) is 19.5. The van der Waals surface area contributed by atoms with Crippen LogP contribution in [-0.2, 0) is 5.41 Å². The molecule has 160 valence electrons. The molecule has 0 saturated carbocycles. The van der Waals surface area contributed by atoms with Gasteiger partial charge in [0, 0.05) is 26.1 Å². The van der Waals surface area contributed by atoms with Crippen LogP contribution in [0.2, 0.25) is 0 Å². The topological polar surface area (TPSA) is 24.4 Å². The van der Waals surface area contributed by atoms with E-state index in [1.165, 1.54) is 31.7 Å². The maximum Gasteiger partial charge on any atom is 0.0977 e. The molecule has 1 heterocycles. The van der Waals surface area contributed by atoms with E-state index in [2.05, 4.69) is 110 Å². The van der Waals surface area contributed by atoms with Gasteiger partial charge in [-0.2, -0.15) is 5.10 Å². The maximum absolute atomic E-state index is 4.86. The average molecular weight is 445 g/mol. The van der Waals surface area contributed by atoms with Gasteiger partial charge in [0.05, 0.1) is 11.4 Å². The first-order valence-corrected chi connectivity index (χ1v) is 12.1. The average Bonchev–Trinajstić information content (AvgIpc) is 3.34. The van der Waals surface area contributed by atoms with Gasteiger partial charge in [-0.1, -0.05) is 98.8 Å². The Morgan fingerprint density at radius 1 is 0.758 bits per heavy atom.